The fourth-order valence-electron chi connectivity index (χ4n) is 3.39. The Balaban J connectivity index is 1.57. The topological polar surface area (TPSA) is 82.5 Å². The number of thiazole rings is 1. The van der Waals surface area contributed by atoms with Crippen LogP contribution in [0.15, 0.2) is 23.7 Å². The number of nitrogens with one attached hydrogen (secondary N) is 1. The van der Waals surface area contributed by atoms with Crippen LogP contribution in [0.1, 0.15) is 23.2 Å². The molecule has 2 saturated heterocycles. The van der Waals surface area contributed by atoms with E-state index in [4.69, 9.17) is 0 Å². The Hall–Kier alpha value is -1.99. The zero-order chi connectivity index (χ0) is 15.3. The van der Waals surface area contributed by atoms with Gasteiger partial charge in [-0.2, -0.15) is 0 Å². The Bertz CT molecular complexity index is 774. The molecule has 1 spiro atoms. The molecule has 2 aliphatic rings. The second kappa shape index (κ2) is 4.76. The molecule has 4 rings (SSSR count). The Morgan fingerprint density at radius 3 is 3.14 bits per heavy atom. The lowest BCUT2D eigenvalue weighted by atomic mass is 9.85. The van der Waals surface area contributed by atoms with Crippen LogP contribution in [0, 0.1) is 5.41 Å². The predicted molar refractivity (Wildman–Crippen MR) is 81.3 cm³/mol. The zero-order valence-electron chi connectivity index (χ0n) is 11.8. The van der Waals surface area contributed by atoms with Gasteiger partial charge in [0.1, 0.15) is 6.23 Å². The maximum Gasteiger partial charge on any atom is 0.253 e. The van der Waals surface area contributed by atoms with Gasteiger partial charge in [0.15, 0.2) is 0 Å². The van der Waals surface area contributed by atoms with Crippen molar-refractivity contribution >= 4 is 33.4 Å². The number of carbonyl (C=O) groups is 2. The second-order valence-electron chi connectivity index (χ2n) is 5.99. The number of nitrogens with zero attached hydrogens (tertiary/aromatic N) is 2. The highest BCUT2D eigenvalue weighted by Gasteiger charge is 2.51. The summed E-state index contributed by atoms with van der Waals surface area (Å²) in [6, 6.07) is 5.50. The molecule has 0 bridgehead atoms. The minimum absolute atomic E-state index is 0.0824. The summed E-state index contributed by atoms with van der Waals surface area (Å²) in [6.07, 6.45) is 0.176. The van der Waals surface area contributed by atoms with Gasteiger partial charge < -0.3 is 15.3 Å². The zero-order valence-corrected chi connectivity index (χ0v) is 12.6. The van der Waals surface area contributed by atoms with Crippen LogP contribution < -0.4 is 5.32 Å². The van der Waals surface area contributed by atoms with E-state index in [0.29, 0.717) is 31.5 Å². The third-order valence-electron chi connectivity index (χ3n) is 4.58. The Kier molecular flexibility index (Phi) is 2.95. The van der Waals surface area contributed by atoms with Crippen molar-refractivity contribution in [2.24, 2.45) is 5.41 Å². The van der Waals surface area contributed by atoms with Crippen LogP contribution in [0.25, 0.3) is 10.2 Å². The fourth-order valence-corrected chi connectivity index (χ4v) is 4.05. The van der Waals surface area contributed by atoms with Crippen molar-refractivity contribution in [1.29, 1.82) is 0 Å². The summed E-state index contributed by atoms with van der Waals surface area (Å²) in [6.45, 7) is 0.901. The van der Waals surface area contributed by atoms with Crippen LogP contribution in [0.2, 0.25) is 0 Å². The summed E-state index contributed by atoms with van der Waals surface area (Å²) in [5.74, 6) is -0.230. The molecule has 114 valence electrons. The van der Waals surface area contributed by atoms with E-state index in [1.54, 1.807) is 22.5 Å². The molecule has 1 aromatic heterocycles. The molecule has 3 heterocycles. The van der Waals surface area contributed by atoms with E-state index in [9.17, 15) is 14.7 Å². The van der Waals surface area contributed by atoms with Crippen LogP contribution >= 0.6 is 11.3 Å². The van der Waals surface area contributed by atoms with E-state index in [-0.39, 0.29) is 11.8 Å². The molecule has 2 aromatic rings. The van der Waals surface area contributed by atoms with Gasteiger partial charge in [0.05, 0.1) is 21.1 Å². The maximum absolute atomic E-state index is 12.6. The Morgan fingerprint density at radius 2 is 2.36 bits per heavy atom. The van der Waals surface area contributed by atoms with Gasteiger partial charge in [-0.25, -0.2) is 4.98 Å². The van der Waals surface area contributed by atoms with E-state index in [2.05, 4.69) is 10.3 Å². The Morgan fingerprint density at radius 1 is 1.50 bits per heavy atom. The van der Waals surface area contributed by atoms with Gasteiger partial charge in [0.25, 0.3) is 5.91 Å². The number of aliphatic hydroxyl groups is 1. The first-order chi connectivity index (χ1) is 10.6. The van der Waals surface area contributed by atoms with Gasteiger partial charge in [-0.1, -0.05) is 0 Å². The number of benzene rings is 1. The van der Waals surface area contributed by atoms with Crippen molar-refractivity contribution in [3.8, 4) is 0 Å². The molecular formula is C15H15N3O3S. The molecule has 0 radical (unpaired) electrons. The summed E-state index contributed by atoms with van der Waals surface area (Å²) in [5.41, 5.74) is 2.54. The smallest absolute Gasteiger partial charge is 0.253 e. The quantitative estimate of drug-likeness (QED) is 0.821. The minimum Gasteiger partial charge on any atom is -0.374 e. The summed E-state index contributed by atoms with van der Waals surface area (Å²) >= 11 is 1.54. The number of fused-ring (bicyclic) bond motifs is 1. The number of aliphatic hydroxyl groups excluding tert-OH is 1. The van der Waals surface area contributed by atoms with Crippen molar-refractivity contribution < 1.29 is 14.7 Å². The van der Waals surface area contributed by atoms with Crippen LogP contribution in [-0.4, -0.2) is 46.1 Å². The van der Waals surface area contributed by atoms with E-state index >= 15 is 0 Å². The van der Waals surface area contributed by atoms with Crippen molar-refractivity contribution in [3.05, 3.63) is 29.3 Å². The molecule has 0 saturated carbocycles. The number of amides is 2. The fraction of sp³-hybridized carbons (Fsp3) is 0.400. The van der Waals surface area contributed by atoms with Gasteiger partial charge in [0.2, 0.25) is 5.91 Å². The maximum atomic E-state index is 12.6. The monoisotopic (exact) mass is 317 g/mol. The Labute approximate surface area is 130 Å². The van der Waals surface area contributed by atoms with Gasteiger partial charge in [-0.05, 0) is 24.6 Å². The highest BCUT2D eigenvalue weighted by Crippen LogP contribution is 2.39. The van der Waals surface area contributed by atoms with Crippen molar-refractivity contribution in [3.63, 3.8) is 0 Å². The predicted octanol–water partition coefficient (Wildman–Crippen LogP) is 0.967. The minimum atomic E-state index is -0.797. The molecule has 2 N–H and O–H groups in total. The number of rotatable bonds is 1. The summed E-state index contributed by atoms with van der Waals surface area (Å²) < 4.78 is 1.05. The number of aromatic nitrogens is 1. The van der Waals surface area contributed by atoms with Crippen LogP contribution in [-0.2, 0) is 4.79 Å². The van der Waals surface area contributed by atoms with Gasteiger partial charge in [-0.15, -0.1) is 11.3 Å². The third-order valence-corrected chi connectivity index (χ3v) is 5.39. The first kappa shape index (κ1) is 13.7. The second-order valence-corrected chi connectivity index (χ2v) is 6.87. The number of hydrogen-bond acceptors (Lipinski definition) is 5. The normalized spacial score (nSPS) is 27.8. The van der Waals surface area contributed by atoms with Crippen LogP contribution in [0.5, 0.6) is 0 Å². The molecule has 2 atom stereocenters. The molecule has 1 aromatic carbocycles. The third kappa shape index (κ3) is 2.00. The molecule has 2 amide bonds. The van der Waals surface area contributed by atoms with Crippen molar-refractivity contribution in [2.75, 3.05) is 13.1 Å². The van der Waals surface area contributed by atoms with Crippen LogP contribution in [0.4, 0.5) is 0 Å². The van der Waals surface area contributed by atoms with Crippen LogP contribution in [0.3, 0.4) is 0 Å². The molecule has 1 unspecified atom stereocenters. The van der Waals surface area contributed by atoms with E-state index in [0.717, 1.165) is 10.2 Å². The van der Waals surface area contributed by atoms with E-state index in [1.807, 2.05) is 6.07 Å². The lowest BCUT2D eigenvalue weighted by molar-refractivity contribution is -0.127. The molecule has 7 heteroatoms. The summed E-state index contributed by atoms with van der Waals surface area (Å²) in [5, 5.41) is 12.2. The van der Waals surface area contributed by atoms with Crippen molar-refractivity contribution in [2.45, 2.75) is 19.1 Å². The van der Waals surface area contributed by atoms with Gasteiger partial charge in [0, 0.05) is 25.1 Å². The average Bonchev–Trinajstić information content (AvgIpc) is 3.18. The summed E-state index contributed by atoms with van der Waals surface area (Å²) in [4.78, 5) is 30.6. The highest BCUT2D eigenvalue weighted by atomic mass is 32.1. The standard InChI is InChI=1S/C15H15N3O3S/c19-12-6-15(14(21)17-12)3-4-18(7-15)13(20)9-1-2-11-10(5-9)16-8-22-11/h1-2,5,8,12,19H,3-4,6-7H2,(H,17,21)/t12?,15-/m1/s1. The first-order valence-corrected chi connectivity index (χ1v) is 8.07. The molecule has 22 heavy (non-hydrogen) atoms. The van der Waals surface area contributed by atoms with Gasteiger partial charge in [-0.3, -0.25) is 9.59 Å². The molecule has 2 fully saturated rings. The average molecular weight is 317 g/mol. The van der Waals surface area contributed by atoms with E-state index in [1.165, 1.54) is 11.3 Å². The van der Waals surface area contributed by atoms with Crippen molar-refractivity contribution in [1.82, 2.24) is 15.2 Å². The van der Waals surface area contributed by atoms with Gasteiger partial charge >= 0.3 is 0 Å². The largest absolute Gasteiger partial charge is 0.374 e. The number of likely N-dealkylation sites (tertiary alicyclic amines) is 1. The first-order valence-electron chi connectivity index (χ1n) is 7.19. The van der Waals surface area contributed by atoms with E-state index < -0.39 is 11.6 Å². The summed E-state index contributed by atoms with van der Waals surface area (Å²) in [7, 11) is 0. The lowest BCUT2D eigenvalue weighted by Gasteiger charge is -2.21. The highest BCUT2D eigenvalue weighted by molar-refractivity contribution is 7.16. The molecular weight excluding hydrogens is 302 g/mol. The lowest BCUT2D eigenvalue weighted by Crippen LogP contribution is -2.36. The molecule has 2 aliphatic heterocycles. The number of hydrogen-bond donors (Lipinski definition) is 2. The number of carbonyl (C=O) groups excluding carboxylic acids is 2. The molecule has 0 aliphatic carbocycles. The molecule has 6 nitrogen and oxygen atoms in total. The SMILES string of the molecule is O=C(c1ccc2scnc2c1)N1CC[C@@]2(CC(O)NC2=O)C1.